The molecule has 1 amide bonds. The third kappa shape index (κ3) is 2.14. The van der Waals surface area contributed by atoms with Gasteiger partial charge in [0.05, 0.1) is 0 Å². The summed E-state index contributed by atoms with van der Waals surface area (Å²) in [4.78, 5) is 16.1. The summed E-state index contributed by atoms with van der Waals surface area (Å²) in [7, 11) is 0. The summed E-state index contributed by atoms with van der Waals surface area (Å²) < 4.78 is 0. The van der Waals surface area contributed by atoms with Gasteiger partial charge >= 0.3 is 0 Å². The summed E-state index contributed by atoms with van der Waals surface area (Å²) in [6.45, 7) is 12.3. The van der Waals surface area contributed by atoms with Gasteiger partial charge in [0.25, 0.3) is 5.91 Å². The lowest BCUT2D eigenvalue weighted by atomic mass is 9.87. The van der Waals surface area contributed by atoms with Gasteiger partial charge in [-0.25, -0.2) is 0 Å². The summed E-state index contributed by atoms with van der Waals surface area (Å²) in [5.74, 6) is 0.838. The molecule has 0 spiro atoms. The molecule has 1 heterocycles. The molecule has 1 atom stereocenters. The van der Waals surface area contributed by atoms with E-state index in [0.717, 1.165) is 5.84 Å². The fourth-order valence-electron chi connectivity index (χ4n) is 1.37. The Labute approximate surface area is 86.0 Å². The maximum absolute atomic E-state index is 11.7. The number of carbonyl (C=O) groups excluding carboxylic acids is 1. The molecule has 0 bridgehead atoms. The lowest BCUT2D eigenvalue weighted by Gasteiger charge is -2.21. The van der Waals surface area contributed by atoms with Gasteiger partial charge in [0, 0.05) is 5.41 Å². The van der Waals surface area contributed by atoms with E-state index in [9.17, 15) is 4.79 Å². The molecule has 0 aromatic rings. The number of rotatable bonds is 0. The highest BCUT2D eigenvalue weighted by atomic mass is 16.2. The molecule has 0 radical (unpaired) electrons. The Kier molecular flexibility index (Phi) is 2.46. The zero-order valence-corrected chi connectivity index (χ0v) is 9.93. The Morgan fingerprint density at radius 2 is 1.64 bits per heavy atom. The van der Waals surface area contributed by atoms with Crippen LogP contribution < -0.4 is 5.32 Å². The molecule has 0 aromatic carbocycles. The largest absolute Gasteiger partial charge is 0.312 e. The molecule has 0 aliphatic carbocycles. The third-order valence-corrected chi connectivity index (χ3v) is 2.28. The molecule has 3 heteroatoms. The molecule has 14 heavy (non-hydrogen) atoms. The van der Waals surface area contributed by atoms with Crippen molar-refractivity contribution >= 4 is 11.7 Å². The van der Waals surface area contributed by atoms with E-state index in [0.29, 0.717) is 0 Å². The van der Waals surface area contributed by atoms with E-state index in [1.165, 1.54) is 0 Å². The van der Waals surface area contributed by atoms with Gasteiger partial charge in [0.2, 0.25) is 0 Å². The van der Waals surface area contributed by atoms with Crippen molar-refractivity contribution in [2.45, 2.75) is 47.6 Å². The molecular formula is C11H20N2O. The van der Waals surface area contributed by atoms with Crippen molar-refractivity contribution < 1.29 is 4.79 Å². The van der Waals surface area contributed by atoms with E-state index < -0.39 is 0 Å². The van der Waals surface area contributed by atoms with E-state index >= 15 is 0 Å². The van der Waals surface area contributed by atoms with E-state index in [2.05, 4.69) is 31.1 Å². The van der Waals surface area contributed by atoms with E-state index in [1.54, 1.807) is 0 Å². The van der Waals surface area contributed by atoms with Crippen LogP contribution >= 0.6 is 0 Å². The van der Waals surface area contributed by atoms with Crippen LogP contribution in [-0.2, 0) is 4.79 Å². The molecule has 1 aliphatic rings. The van der Waals surface area contributed by atoms with Gasteiger partial charge in [-0.05, 0) is 5.41 Å². The predicted molar refractivity (Wildman–Crippen MR) is 58.3 cm³/mol. The minimum absolute atomic E-state index is 0.0300. The van der Waals surface area contributed by atoms with Crippen LogP contribution in [0.2, 0.25) is 0 Å². The first-order chi connectivity index (χ1) is 6.12. The molecule has 1 aliphatic heterocycles. The zero-order chi connectivity index (χ0) is 11.1. The first-order valence-electron chi connectivity index (χ1n) is 5.01. The van der Waals surface area contributed by atoms with E-state index in [4.69, 9.17) is 0 Å². The first-order valence-corrected chi connectivity index (χ1v) is 5.01. The van der Waals surface area contributed by atoms with Crippen LogP contribution in [0.1, 0.15) is 41.5 Å². The smallest absolute Gasteiger partial charge is 0.250 e. The van der Waals surface area contributed by atoms with Crippen molar-refractivity contribution in [1.29, 1.82) is 0 Å². The fraction of sp³-hybridized carbons (Fsp3) is 0.818. The predicted octanol–water partition coefficient (Wildman–Crippen LogP) is 1.98. The Morgan fingerprint density at radius 1 is 1.14 bits per heavy atom. The molecule has 1 N–H and O–H groups in total. The van der Waals surface area contributed by atoms with Crippen molar-refractivity contribution in [3.05, 3.63) is 0 Å². The second kappa shape index (κ2) is 3.07. The highest BCUT2D eigenvalue weighted by Gasteiger charge is 2.38. The van der Waals surface area contributed by atoms with Crippen molar-refractivity contribution in [2.24, 2.45) is 15.8 Å². The van der Waals surface area contributed by atoms with Crippen LogP contribution in [0.15, 0.2) is 4.99 Å². The second-order valence-corrected chi connectivity index (χ2v) is 5.99. The number of hydrogen-bond acceptors (Lipinski definition) is 2. The van der Waals surface area contributed by atoms with Gasteiger partial charge in [0.15, 0.2) is 0 Å². The summed E-state index contributed by atoms with van der Waals surface area (Å²) >= 11 is 0. The highest BCUT2D eigenvalue weighted by Crippen LogP contribution is 2.28. The van der Waals surface area contributed by atoms with Gasteiger partial charge in [-0.2, -0.15) is 0 Å². The second-order valence-electron chi connectivity index (χ2n) is 5.99. The maximum Gasteiger partial charge on any atom is 0.250 e. The number of aliphatic imine (C=N–C) groups is 1. The van der Waals surface area contributed by atoms with Gasteiger partial charge in [-0.3, -0.25) is 9.79 Å². The van der Waals surface area contributed by atoms with Gasteiger partial charge in [-0.15, -0.1) is 0 Å². The Hall–Kier alpha value is -0.860. The quantitative estimate of drug-likeness (QED) is 0.632. The topological polar surface area (TPSA) is 41.5 Å². The molecule has 0 saturated carbocycles. The summed E-state index contributed by atoms with van der Waals surface area (Å²) in [5.41, 5.74) is -0.174. The zero-order valence-electron chi connectivity index (χ0n) is 9.93. The maximum atomic E-state index is 11.7. The molecule has 0 saturated heterocycles. The molecule has 1 rings (SSSR count). The van der Waals surface area contributed by atoms with Crippen molar-refractivity contribution in [2.75, 3.05) is 0 Å². The van der Waals surface area contributed by atoms with E-state index in [-0.39, 0.29) is 22.8 Å². The molecule has 1 unspecified atom stereocenters. The van der Waals surface area contributed by atoms with Gasteiger partial charge in [-0.1, -0.05) is 41.5 Å². The van der Waals surface area contributed by atoms with Crippen molar-refractivity contribution in [1.82, 2.24) is 5.32 Å². The Balaban J connectivity index is 2.94. The minimum atomic E-state index is -0.239. The number of nitrogens with one attached hydrogen (secondary N) is 1. The lowest BCUT2D eigenvalue weighted by molar-refractivity contribution is -0.122. The molecule has 3 nitrogen and oxygen atoms in total. The first kappa shape index (κ1) is 11.2. The Morgan fingerprint density at radius 3 is 1.86 bits per heavy atom. The number of amides is 1. The van der Waals surface area contributed by atoms with Crippen molar-refractivity contribution in [3.63, 3.8) is 0 Å². The van der Waals surface area contributed by atoms with Crippen LogP contribution in [-0.4, -0.2) is 17.8 Å². The average Bonchev–Trinajstić information content (AvgIpc) is 2.27. The minimum Gasteiger partial charge on any atom is -0.312 e. The van der Waals surface area contributed by atoms with Crippen molar-refractivity contribution in [3.8, 4) is 0 Å². The van der Waals surface area contributed by atoms with E-state index in [1.807, 2.05) is 20.8 Å². The van der Waals surface area contributed by atoms with Gasteiger partial charge in [0.1, 0.15) is 11.9 Å². The van der Waals surface area contributed by atoms with Crippen LogP contribution in [0.4, 0.5) is 0 Å². The van der Waals surface area contributed by atoms with Crippen LogP contribution in [0.3, 0.4) is 0 Å². The number of nitrogens with zero attached hydrogens (tertiary/aromatic N) is 1. The third-order valence-electron chi connectivity index (χ3n) is 2.28. The highest BCUT2D eigenvalue weighted by molar-refractivity contribution is 6.08. The number of amidine groups is 1. The fourth-order valence-corrected chi connectivity index (χ4v) is 1.37. The van der Waals surface area contributed by atoms with Gasteiger partial charge < -0.3 is 5.32 Å². The number of carbonyl (C=O) groups is 1. The standard InChI is InChI=1S/C11H20N2O/c1-10(2,3)7-8(14)13-9(12-7)11(4,5)6/h7H,1-6H3,(H,12,13,14). The lowest BCUT2D eigenvalue weighted by Crippen LogP contribution is -2.38. The van der Waals surface area contributed by atoms with Crippen LogP contribution in [0.5, 0.6) is 0 Å². The Bertz CT molecular complexity index is 279. The number of hydrogen-bond donors (Lipinski definition) is 1. The van der Waals surface area contributed by atoms with Crippen LogP contribution in [0, 0.1) is 10.8 Å². The summed E-state index contributed by atoms with van der Waals surface area (Å²) in [6, 6.07) is -0.239. The molecule has 80 valence electrons. The van der Waals surface area contributed by atoms with Crippen LogP contribution in [0.25, 0.3) is 0 Å². The normalized spacial score (nSPS) is 23.4. The SMILES string of the molecule is CC(C)(C)C1=NC(C(C)(C)C)C(=O)N1. The summed E-state index contributed by atoms with van der Waals surface area (Å²) in [6.07, 6.45) is 0. The molecule has 0 aromatic heterocycles. The monoisotopic (exact) mass is 196 g/mol. The molecule has 0 fully saturated rings. The molecular weight excluding hydrogens is 176 g/mol. The average molecular weight is 196 g/mol. The summed E-state index contributed by atoms with van der Waals surface area (Å²) in [5, 5.41) is 2.86.